The Morgan fingerprint density at radius 3 is 2.71 bits per heavy atom. The number of thiophene rings is 1. The molecule has 1 rings (SSSR count). The van der Waals surface area contributed by atoms with Gasteiger partial charge in [0.25, 0.3) is 0 Å². The Labute approximate surface area is 107 Å². The molecule has 96 valence electrons. The molecule has 1 atom stereocenters. The van der Waals surface area contributed by atoms with E-state index in [-0.39, 0.29) is 0 Å². The minimum absolute atomic E-state index is 0.433. The van der Waals surface area contributed by atoms with Crippen molar-refractivity contribution in [2.45, 2.75) is 52.6 Å². The Kier molecular flexibility index (Phi) is 5.65. The van der Waals surface area contributed by atoms with Crippen molar-refractivity contribution in [1.29, 1.82) is 0 Å². The normalized spacial score (nSPS) is 12.6. The summed E-state index contributed by atoms with van der Waals surface area (Å²) in [7, 11) is 0. The van der Waals surface area contributed by atoms with Crippen LogP contribution in [0.3, 0.4) is 0 Å². The predicted octanol–water partition coefficient (Wildman–Crippen LogP) is 3.42. The first-order valence-corrected chi connectivity index (χ1v) is 6.96. The molecule has 0 aliphatic rings. The van der Waals surface area contributed by atoms with Crippen LogP contribution in [0.4, 0.5) is 0 Å². The molecular weight excluding hydrogens is 234 g/mol. The second-order valence-electron chi connectivity index (χ2n) is 4.27. The number of carboxylic acid groups (broad SMARTS) is 1. The Hall–Kier alpha value is -0.870. The number of carboxylic acids is 1. The van der Waals surface area contributed by atoms with E-state index in [9.17, 15) is 4.79 Å². The summed E-state index contributed by atoms with van der Waals surface area (Å²) < 4.78 is 0. The highest BCUT2D eigenvalue weighted by Crippen LogP contribution is 2.21. The van der Waals surface area contributed by atoms with Crippen LogP contribution in [-0.2, 0) is 6.54 Å². The van der Waals surface area contributed by atoms with Gasteiger partial charge in [-0.05, 0) is 31.4 Å². The van der Waals surface area contributed by atoms with E-state index in [0.717, 1.165) is 23.4 Å². The third-order valence-corrected chi connectivity index (χ3v) is 4.02. The maximum absolute atomic E-state index is 10.9. The van der Waals surface area contributed by atoms with E-state index in [1.54, 1.807) is 6.07 Å². The lowest BCUT2D eigenvalue weighted by Crippen LogP contribution is -2.27. The van der Waals surface area contributed by atoms with Crippen LogP contribution < -0.4 is 5.32 Å². The Balaban J connectivity index is 2.59. The van der Waals surface area contributed by atoms with E-state index in [1.807, 2.05) is 6.92 Å². The molecule has 0 aliphatic carbocycles. The lowest BCUT2D eigenvalue weighted by atomic mass is 10.1. The second-order valence-corrected chi connectivity index (χ2v) is 5.53. The third kappa shape index (κ3) is 4.13. The minimum atomic E-state index is -0.829. The quantitative estimate of drug-likeness (QED) is 0.785. The number of nitrogens with one attached hydrogen (secondary N) is 1. The van der Waals surface area contributed by atoms with Crippen molar-refractivity contribution in [2.24, 2.45) is 0 Å². The van der Waals surface area contributed by atoms with Gasteiger partial charge in [0, 0.05) is 17.5 Å². The number of aromatic carboxylic acids is 1. The van der Waals surface area contributed by atoms with Gasteiger partial charge < -0.3 is 10.4 Å². The van der Waals surface area contributed by atoms with Gasteiger partial charge in [0.15, 0.2) is 0 Å². The van der Waals surface area contributed by atoms with Crippen molar-refractivity contribution < 1.29 is 9.90 Å². The minimum Gasteiger partial charge on any atom is -0.477 e. The summed E-state index contributed by atoms with van der Waals surface area (Å²) in [5, 5.41) is 12.4. The maximum Gasteiger partial charge on any atom is 0.345 e. The van der Waals surface area contributed by atoms with Gasteiger partial charge in [-0.25, -0.2) is 4.79 Å². The van der Waals surface area contributed by atoms with E-state index in [0.29, 0.717) is 10.9 Å². The molecule has 0 spiro atoms. The standard InChI is InChI=1S/C13H21NO2S/c1-4-6-11(5-2)14-8-10-7-12(13(15)16)17-9(10)3/h7,11,14H,4-6,8H2,1-3H3,(H,15,16). The predicted molar refractivity (Wildman–Crippen MR) is 71.8 cm³/mol. The number of carbonyl (C=O) groups is 1. The highest BCUT2D eigenvalue weighted by molar-refractivity contribution is 7.14. The molecule has 0 radical (unpaired) electrons. The van der Waals surface area contributed by atoms with Crippen LogP contribution in [-0.4, -0.2) is 17.1 Å². The summed E-state index contributed by atoms with van der Waals surface area (Å²) in [6.45, 7) is 7.11. The number of aryl methyl sites for hydroxylation is 1. The monoisotopic (exact) mass is 255 g/mol. The first-order chi connectivity index (χ1) is 8.08. The van der Waals surface area contributed by atoms with Gasteiger partial charge in [0.2, 0.25) is 0 Å². The van der Waals surface area contributed by atoms with Gasteiger partial charge in [-0.3, -0.25) is 0 Å². The van der Waals surface area contributed by atoms with Crippen LogP contribution in [0.1, 0.15) is 53.2 Å². The first kappa shape index (κ1) is 14.2. The summed E-state index contributed by atoms with van der Waals surface area (Å²) in [6.07, 6.45) is 3.46. The van der Waals surface area contributed by atoms with Crippen LogP contribution in [0.25, 0.3) is 0 Å². The van der Waals surface area contributed by atoms with E-state index < -0.39 is 5.97 Å². The molecule has 0 aliphatic heterocycles. The molecule has 0 amide bonds. The smallest absolute Gasteiger partial charge is 0.345 e. The maximum atomic E-state index is 10.9. The SMILES string of the molecule is CCCC(CC)NCc1cc(C(=O)O)sc1C. The number of rotatable bonds is 7. The molecule has 0 fully saturated rings. The van der Waals surface area contributed by atoms with E-state index in [4.69, 9.17) is 5.11 Å². The zero-order valence-corrected chi connectivity index (χ0v) is 11.6. The molecule has 0 saturated carbocycles. The molecule has 2 N–H and O–H groups in total. The van der Waals surface area contributed by atoms with Crippen molar-refractivity contribution in [3.63, 3.8) is 0 Å². The molecule has 4 heteroatoms. The van der Waals surface area contributed by atoms with Crippen LogP contribution in [0.15, 0.2) is 6.07 Å². The fourth-order valence-electron chi connectivity index (χ4n) is 1.85. The third-order valence-electron chi connectivity index (χ3n) is 2.94. The molecular formula is C13H21NO2S. The highest BCUT2D eigenvalue weighted by Gasteiger charge is 2.12. The van der Waals surface area contributed by atoms with Crippen molar-refractivity contribution in [3.05, 3.63) is 21.4 Å². The van der Waals surface area contributed by atoms with Gasteiger partial charge in [0.1, 0.15) is 4.88 Å². The Bertz CT molecular complexity index is 373. The molecule has 0 saturated heterocycles. The highest BCUT2D eigenvalue weighted by atomic mass is 32.1. The lowest BCUT2D eigenvalue weighted by molar-refractivity contribution is 0.0702. The molecule has 1 aromatic rings. The van der Waals surface area contributed by atoms with Crippen molar-refractivity contribution in [1.82, 2.24) is 5.32 Å². The van der Waals surface area contributed by atoms with Crippen molar-refractivity contribution >= 4 is 17.3 Å². The number of hydrogen-bond acceptors (Lipinski definition) is 3. The molecule has 0 bridgehead atoms. The van der Waals surface area contributed by atoms with Gasteiger partial charge in [-0.1, -0.05) is 20.3 Å². The molecule has 17 heavy (non-hydrogen) atoms. The topological polar surface area (TPSA) is 49.3 Å². The van der Waals surface area contributed by atoms with Crippen LogP contribution in [0.2, 0.25) is 0 Å². The average molecular weight is 255 g/mol. The Morgan fingerprint density at radius 1 is 1.53 bits per heavy atom. The molecule has 1 unspecified atom stereocenters. The van der Waals surface area contributed by atoms with Crippen molar-refractivity contribution in [2.75, 3.05) is 0 Å². The summed E-state index contributed by atoms with van der Waals surface area (Å²) >= 11 is 1.36. The summed E-state index contributed by atoms with van der Waals surface area (Å²) in [5.74, 6) is -0.829. The van der Waals surface area contributed by atoms with Crippen LogP contribution >= 0.6 is 11.3 Å². The number of hydrogen-bond donors (Lipinski definition) is 2. The molecule has 3 nitrogen and oxygen atoms in total. The zero-order chi connectivity index (χ0) is 12.8. The van der Waals surface area contributed by atoms with Gasteiger partial charge in [-0.2, -0.15) is 0 Å². The van der Waals surface area contributed by atoms with Gasteiger partial charge in [0.05, 0.1) is 0 Å². The average Bonchev–Trinajstić information content (AvgIpc) is 2.66. The van der Waals surface area contributed by atoms with Crippen LogP contribution in [0.5, 0.6) is 0 Å². The molecule has 0 aromatic carbocycles. The van der Waals surface area contributed by atoms with Gasteiger partial charge >= 0.3 is 5.97 Å². The van der Waals surface area contributed by atoms with Crippen LogP contribution in [0, 0.1) is 6.92 Å². The molecule has 1 aromatic heterocycles. The van der Waals surface area contributed by atoms with Gasteiger partial charge in [-0.15, -0.1) is 11.3 Å². The summed E-state index contributed by atoms with van der Waals surface area (Å²) in [5.41, 5.74) is 1.11. The summed E-state index contributed by atoms with van der Waals surface area (Å²) in [6, 6.07) is 2.32. The zero-order valence-electron chi connectivity index (χ0n) is 10.7. The largest absolute Gasteiger partial charge is 0.477 e. The summed E-state index contributed by atoms with van der Waals surface area (Å²) in [4.78, 5) is 12.4. The molecule has 1 heterocycles. The fourth-order valence-corrected chi connectivity index (χ4v) is 2.73. The second kappa shape index (κ2) is 6.77. The fraction of sp³-hybridized carbons (Fsp3) is 0.615. The van der Waals surface area contributed by atoms with E-state index in [2.05, 4.69) is 19.2 Å². The first-order valence-electron chi connectivity index (χ1n) is 6.14. The van der Waals surface area contributed by atoms with E-state index >= 15 is 0 Å². The lowest BCUT2D eigenvalue weighted by Gasteiger charge is -2.15. The van der Waals surface area contributed by atoms with E-state index in [1.165, 1.54) is 24.2 Å². The Morgan fingerprint density at radius 2 is 2.24 bits per heavy atom. The van der Waals surface area contributed by atoms with Crippen molar-refractivity contribution in [3.8, 4) is 0 Å².